The zero-order valence-electron chi connectivity index (χ0n) is 19.2. The molecule has 1 aliphatic rings. The van der Waals surface area contributed by atoms with Crippen molar-refractivity contribution < 1.29 is 22.3 Å². The summed E-state index contributed by atoms with van der Waals surface area (Å²) in [5.74, 6) is -0.642. The number of benzene rings is 1. The van der Waals surface area contributed by atoms with Crippen molar-refractivity contribution in [3.63, 3.8) is 0 Å². The first-order valence-electron chi connectivity index (χ1n) is 10.8. The minimum Gasteiger partial charge on any atom is -0.383 e. The van der Waals surface area contributed by atoms with Crippen molar-refractivity contribution in [2.75, 3.05) is 13.7 Å². The summed E-state index contributed by atoms with van der Waals surface area (Å²) in [5, 5.41) is -0.0621. The highest BCUT2D eigenvalue weighted by atomic mass is 32.2. The maximum absolute atomic E-state index is 13.2. The first-order valence-corrected chi connectivity index (χ1v) is 12.5. The van der Waals surface area contributed by atoms with Crippen molar-refractivity contribution >= 4 is 15.7 Å². The maximum Gasteiger partial charge on any atom is 0.228 e. The predicted octanol–water partition coefficient (Wildman–Crippen LogP) is 3.57. The molecule has 1 fully saturated rings. The summed E-state index contributed by atoms with van der Waals surface area (Å²) in [5.41, 5.74) is 1.01. The SMILES string of the molecule is COCCn1c(CN(C(=O)CC(C)(C)C)C2CC2)cnc1S(=O)(=O)Cc1ccc(F)cc1. The molecule has 1 heterocycles. The Kier molecular flexibility index (Phi) is 7.39. The average Bonchev–Trinajstić information content (AvgIpc) is 3.44. The lowest BCUT2D eigenvalue weighted by molar-refractivity contribution is -0.134. The zero-order valence-corrected chi connectivity index (χ0v) is 20.0. The van der Waals surface area contributed by atoms with Crippen LogP contribution in [0.4, 0.5) is 4.39 Å². The lowest BCUT2D eigenvalue weighted by atomic mass is 9.91. The monoisotopic (exact) mass is 465 g/mol. The number of nitrogens with zero attached hydrogens (tertiary/aromatic N) is 3. The Morgan fingerprint density at radius 3 is 2.47 bits per heavy atom. The van der Waals surface area contributed by atoms with Crippen LogP contribution >= 0.6 is 0 Å². The van der Waals surface area contributed by atoms with E-state index in [9.17, 15) is 17.6 Å². The third-order valence-corrected chi connectivity index (χ3v) is 6.89. The molecule has 0 N–H and O–H groups in total. The fraction of sp³-hybridized carbons (Fsp3) is 0.565. The number of methoxy groups -OCH3 is 1. The van der Waals surface area contributed by atoms with Crippen molar-refractivity contribution in [2.24, 2.45) is 5.41 Å². The second-order valence-electron chi connectivity index (χ2n) is 9.55. The Bertz CT molecular complexity index is 1040. The second kappa shape index (κ2) is 9.70. The molecule has 0 radical (unpaired) electrons. The molecule has 7 nitrogen and oxygen atoms in total. The van der Waals surface area contributed by atoms with Gasteiger partial charge >= 0.3 is 0 Å². The molecule has 0 saturated heterocycles. The van der Waals surface area contributed by atoms with Crippen LogP contribution in [0.1, 0.15) is 51.3 Å². The Hall–Kier alpha value is -2.26. The topological polar surface area (TPSA) is 81.5 Å². The molecule has 1 aromatic carbocycles. The highest BCUT2D eigenvalue weighted by Crippen LogP contribution is 2.32. The van der Waals surface area contributed by atoms with Crippen molar-refractivity contribution in [1.29, 1.82) is 0 Å². The minimum atomic E-state index is -3.79. The number of hydrogen-bond donors (Lipinski definition) is 0. The molecule has 1 aliphatic carbocycles. The molecule has 0 spiro atoms. The minimum absolute atomic E-state index is 0.0621. The molecular weight excluding hydrogens is 433 g/mol. The summed E-state index contributed by atoms with van der Waals surface area (Å²) in [6.07, 6.45) is 3.87. The predicted molar refractivity (Wildman–Crippen MR) is 119 cm³/mol. The Labute approximate surface area is 189 Å². The van der Waals surface area contributed by atoms with Crippen LogP contribution in [0.2, 0.25) is 0 Å². The Balaban J connectivity index is 1.88. The first-order chi connectivity index (χ1) is 15.0. The van der Waals surface area contributed by atoms with E-state index >= 15 is 0 Å². The van der Waals surface area contributed by atoms with E-state index in [1.165, 1.54) is 30.5 Å². The average molecular weight is 466 g/mol. The van der Waals surface area contributed by atoms with Gasteiger partial charge in [0.1, 0.15) is 5.82 Å². The molecule has 1 saturated carbocycles. The summed E-state index contributed by atoms with van der Waals surface area (Å²) in [6, 6.07) is 5.58. The molecule has 9 heteroatoms. The fourth-order valence-corrected chi connectivity index (χ4v) is 5.11. The lowest BCUT2D eigenvalue weighted by Gasteiger charge is -2.27. The van der Waals surface area contributed by atoms with E-state index in [2.05, 4.69) is 4.98 Å². The van der Waals surface area contributed by atoms with E-state index in [-0.39, 0.29) is 28.3 Å². The molecule has 1 aromatic heterocycles. The van der Waals surface area contributed by atoms with Gasteiger partial charge in [-0.1, -0.05) is 32.9 Å². The van der Waals surface area contributed by atoms with Gasteiger partial charge in [-0.15, -0.1) is 0 Å². The number of carbonyl (C=O) groups is 1. The van der Waals surface area contributed by atoms with Gasteiger partial charge in [-0.05, 0) is 36.0 Å². The quantitative estimate of drug-likeness (QED) is 0.536. The van der Waals surface area contributed by atoms with E-state index in [0.29, 0.717) is 37.4 Å². The van der Waals surface area contributed by atoms with Crippen LogP contribution in [0.15, 0.2) is 35.6 Å². The maximum atomic E-state index is 13.2. The van der Waals surface area contributed by atoms with Gasteiger partial charge in [0.2, 0.25) is 20.9 Å². The van der Waals surface area contributed by atoms with Crippen LogP contribution in [-0.4, -0.2) is 48.5 Å². The van der Waals surface area contributed by atoms with Crippen molar-refractivity contribution in [3.05, 3.63) is 47.5 Å². The van der Waals surface area contributed by atoms with Crippen LogP contribution in [-0.2, 0) is 38.2 Å². The lowest BCUT2D eigenvalue weighted by Crippen LogP contribution is -2.35. The third kappa shape index (κ3) is 6.38. The molecule has 0 bridgehead atoms. The number of halogens is 1. The van der Waals surface area contributed by atoms with Crippen molar-refractivity contribution in [1.82, 2.24) is 14.5 Å². The summed E-state index contributed by atoms with van der Waals surface area (Å²) in [7, 11) is -2.24. The van der Waals surface area contributed by atoms with Gasteiger partial charge in [-0.3, -0.25) is 4.79 Å². The summed E-state index contributed by atoms with van der Waals surface area (Å²) in [6.45, 7) is 7.00. The smallest absolute Gasteiger partial charge is 0.228 e. The molecule has 176 valence electrons. The Morgan fingerprint density at radius 2 is 1.91 bits per heavy atom. The zero-order chi connectivity index (χ0) is 23.5. The van der Waals surface area contributed by atoms with Gasteiger partial charge in [0.25, 0.3) is 0 Å². The molecule has 0 atom stereocenters. The van der Waals surface area contributed by atoms with Crippen LogP contribution < -0.4 is 0 Å². The second-order valence-corrected chi connectivity index (χ2v) is 11.4. The number of carbonyl (C=O) groups excluding carboxylic acids is 1. The van der Waals surface area contributed by atoms with E-state index in [1.807, 2.05) is 25.7 Å². The molecule has 1 amide bonds. The standard InChI is InChI=1S/C23H32FN3O4S/c1-23(2,3)13-21(28)27(19-9-10-19)15-20-14-25-22(26(20)11-12-31-4)32(29,30)16-17-5-7-18(24)8-6-17/h5-8,14,19H,9-13,15-16H2,1-4H3. The normalized spacial score (nSPS) is 14.5. The highest BCUT2D eigenvalue weighted by molar-refractivity contribution is 7.90. The number of amides is 1. The fourth-order valence-electron chi connectivity index (χ4n) is 3.59. The van der Waals surface area contributed by atoms with E-state index < -0.39 is 15.7 Å². The van der Waals surface area contributed by atoms with Crippen molar-refractivity contribution in [3.8, 4) is 0 Å². The first kappa shape index (κ1) is 24.4. The molecule has 2 aromatic rings. The largest absolute Gasteiger partial charge is 0.383 e. The van der Waals surface area contributed by atoms with Gasteiger partial charge in [0, 0.05) is 26.1 Å². The summed E-state index contributed by atoms with van der Waals surface area (Å²) < 4.78 is 46.3. The number of hydrogen-bond acceptors (Lipinski definition) is 5. The molecule has 0 unspecified atom stereocenters. The molecule has 32 heavy (non-hydrogen) atoms. The van der Waals surface area contributed by atoms with Crippen LogP contribution in [0, 0.1) is 11.2 Å². The van der Waals surface area contributed by atoms with E-state index in [0.717, 1.165) is 12.8 Å². The van der Waals surface area contributed by atoms with Crippen LogP contribution in [0.3, 0.4) is 0 Å². The third-order valence-electron chi connectivity index (χ3n) is 5.29. The van der Waals surface area contributed by atoms with E-state index in [1.54, 1.807) is 11.7 Å². The van der Waals surface area contributed by atoms with Crippen molar-refractivity contribution in [2.45, 2.75) is 70.1 Å². The highest BCUT2D eigenvalue weighted by Gasteiger charge is 2.35. The van der Waals surface area contributed by atoms with Crippen LogP contribution in [0.25, 0.3) is 0 Å². The number of rotatable bonds is 10. The van der Waals surface area contributed by atoms with Gasteiger partial charge in [-0.2, -0.15) is 0 Å². The Morgan fingerprint density at radius 1 is 1.25 bits per heavy atom. The summed E-state index contributed by atoms with van der Waals surface area (Å²) in [4.78, 5) is 19.0. The summed E-state index contributed by atoms with van der Waals surface area (Å²) >= 11 is 0. The van der Waals surface area contributed by atoms with Crippen LogP contribution in [0.5, 0.6) is 0 Å². The van der Waals surface area contributed by atoms with Gasteiger partial charge in [0.05, 0.1) is 30.8 Å². The van der Waals surface area contributed by atoms with Gasteiger partial charge in [0.15, 0.2) is 0 Å². The number of aromatic nitrogens is 2. The van der Waals surface area contributed by atoms with Gasteiger partial charge in [-0.25, -0.2) is 17.8 Å². The molecule has 0 aliphatic heterocycles. The van der Waals surface area contributed by atoms with E-state index in [4.69, 9.17) is 4.74 Å². The van der Waals surface area contributed by atoms with Gasteiger partial charge < -0.3 is 14.2 Å². The number of sulfone groups is 1. The number of ether oxygens (including phenoxy) is 1. The number of imidazole rings is 1. The molecular formula is C23H32FN3O4S. The molecule has 3 rings (SSSR count).